The van der Waals surface area contributed by atoms with Gasteiger partial charge < -0.3 is 15.4 Å². The van der Waals surface area contributed by atoms with Gasteiger partial charge in [0, 0.05) is 6.54 Å². The molecule has 9 heteroatoms. The van der Waals surface area contributed by atoms with Gasteiger partial charge in [-0.15, -0.1) is 0 Å². The average molecular weight is 425 g/mol. The number of ether oxygens (including phenoxy) is 1. The third-order valence-corrected chi connectivity index (χ3v) is 5.12. The van der Waals surface area contributed by atoms with Crippen molar-refractivity contribution >= 4 is 23.7 Å². The molecule has 0 saturated carbocycles. The molecule has 1 aliphatic rings. The van der Waals surface area contributed by atoms with E-state index in [1.807, 2.05) is 33.8 Å². The molecule has 30 heavy (non-hydrogen) atoms. The number of carbonyl (C=O) groups is 4. The molecule has 3 N–H and O–H groups in total. The Hall–Kier alpha value is -2.42. The van der Waals surface area contributed by atoms with Crippen molar-refractivity contribution in [1.29, 1.82) is 0 Å². The number of nitrogens with zero attached hydrogens (tertiary/aromatic N) is 1. The maximum Gasteiger partial charge on any atom is 0.324 e. The number of nitrogens with one attached hydrogen (secondary N) is 3. The fraction of sp³-hybridized carbons (Fsp3) is 0.714. The summed E-state index contributed by atoms with van der Waals surface area (Å²) >= 11 is 0. The molecule has 0 aromatic heterocycles. The van der Waals surface area contributed by atoms with Gasteiger partial charge >= 0.3 is 5.97 Å². The zero-order valence-corrected chi connectivity index (χ0v) is 18.9. The molecule has 0 spiro atoms. The molecule has 3 amide bonds. The summed E-state index contributed by atoms with van der Waals surface area (Å²) < 4.78 is 4.73. The van der Waals surface area contributed by atoms with Crippen LogP contribution in [0.2, 0.25) is 0 Å². The number of amides is 3. The van der Waals surface area contributed by atoms with E-state index in [0.717, 1.165) is 0 Å². The van der Waals surface area contributed by atoms with Crippen LogP contribution in [0.5, 0.6) is 0 Å². The largest absolute Gasteiger partial charge is 0.468 e. The molecule has 0 unspecified atom stereocenters. The van der Waals surface area contributed by atoms with Crippen molar-refractivity contribution in [1.82, 2.24) is 21.1 Å². The van der Waals surface area contributed by atoms with Crippen molar-refractivity contribution in [3.05, 3.63) is 12.2 Å². The van der Waals surface area contributed by atoms with Crippen molar-refractivity contribution in [2.75, 3.05) is 13.7 Å². The van der Waals surface area contributed by atoms with E-state index in [0.29, 0.717) is 25.8 Å². The Morgan fingerprint density at radius 1 is 1.17 bits per heavy atom. The lowest BCUT2D eigenvalue weighted by Crippen LogP contribution is -2.61. The van der Waals surface area contributed by atoms with Gasteiger partial charge in [-0.1, -0.05) is 32.9 Å². The minimum atomic E-state index is -0.822. The summed E-state index contributed by atoms with van der Waals surface area (Å²) in [6.07, 6.45) is 5.46. The molecule has 170 valence electrons. The fourth-order valence-corrected chi connectivity index (χ4v) is 3.29. The van der Waals surface area contributed by atoms with E-state index in [1.54, 1.807) is 13.0 Å². The Balaban J connectivity index is 2.75. The lowest BCUT2D eigenvalue weighted by Gasteiger charge is -2.34. The molecular weight excluding hydrogens is 388 g/mol. The topological polar surface area (TPSA) is 117 Å². The lowest BCUT2D eigenvalue weighted by atomic mass is 9.99. The van der Waals surface area contributed by atoms with Crippen LogP contribution in [-0.2, 0) is 23.9 Å². The predicted molar refractivity (Wildman–Crippen MR) is 113 cm³/mol. The van der Waals surface area contributed by atoms with E-state index in [1.165, 1.54) is 12.1 Å². The van der Waals surface area contributed by atoms with Crippen LogP contribution in [0.15, 0.2) is 12.2 Å². The summed E-state index contributed by atoms with van der Waals surface area (Å²) in [5, 5.41) is 6.84. The van der Waals surface area contributed by atoms with Gasteiger partial charge in [0.25, 0.3) is 5.91 Å². The molecule has 1 saturated heterocycles. The van der Waals surface area contributed by atoms with Crippen LogP contribution in [0, 0.1) is 11.8 Å². The first-order valence-corrected chi connectivity index (χ1v) is 10.5. The van der Waals surface area contributed by atoms with Crippen molar-refractivity contribution in [2.24, 2.45) is 11.8 Å². The lowest BCUT2D eigenvalue weighted by molar-refractivity contribution is -0.150. The molecule has 1 rings (SSSR count). The number of hydrogen-bond donors (Lipinski definition) is 3. The SMILES string of the molecule is C/C=C/[C@@H](CC)C(=O)N[C@H](C(=O)N[C@@H](C)C(=O)N1CCC[C@@H](C(=O)OC)N1)C(C)C. The Morgan fingerprint density at radius 2 is 1.83 bits per heavy atom. The molecule has 1 heterocycles. The average Bonchev–Trinajstić information content (AvgIpc) is 2.73. The van der Waals surface area contributed by atoms with Gasteiger partial charge in [-0.2, -0.15) is 0 Å². The maximum atomic E-state index is 12.8. The minimum absolute atomic E-state index is 0.156. The molecule has 0 aliphatic carbocycles. The number of methoxy groups -OCH3 is 1. The zero-order valence-electron chi connectivity index (χ0n) is 18.9. The first-order chi connectivity index (χ1) is 14.2. The van der Waals surface area contributed by atoms with E-state index < -0.39 is 30.0 Å². The van der Waals surface area contributed by atoms with Crippen LogP contribution >= 0.6 is 0 Å². The Kier molecular flexibility index (Phi) is 10.5. The summed E-state index contributed by atoms with van der Waals surface area (Å²) in [7, 11) is 1.30. The van der Waals surface area contributed by atoms with E-state index in [4.69, 9.17) is 4.74 Å². The van der Waals surface area contributed by atoms with Crippen molar-refractivity contribution < 1.29 is 23.9 Å². The maximum absolute atomic E-state index is 12.8. The number of hydrazine groups is 1. The number of carbonyl (C=O) groups excluding carboxylic acids is 4. The Morgan fingerprint density at radius 3 is 2.37 bits per heavy atom. The van der Waals surface area contributed by atoms with E-state index in [-0.39, 0.29) is 23.7 Å². The van der Waals surface area contributed by atoms with Crippen LogP contribution in [0.3, 0.4) is 0 Å². The quantitative estimate of drug-likeness (QED) is 0.374. The molecule has 0 radical (unpaired) electrons. The molecule has 0 aromatic carbocycles. The van der Waals surface area contributed by atoms with E-state index in [9.17, 15) is 19.2 Å². The molecule has 0 aromatic rings. The molecule has 1 aliphatic heterocycles. The highest BCUT2D eigenvalue weighted by Gasteiger charge is 2.33. The van der Waals surface area contributed by atoms with Gasteiger partial charge in [0.15, 0.2) is 0 Å². The number of allylic oxidation sites excluding steroid dienone is 1. The minimum Gasteiger partial charge on any atom is -0.468 e. The van der Waals surface area contributed by atoms with E-state index in [2.05, 4.69) is 16.1 Å². The highest BCUT2D eigenvalue weighted by Crippen LogP contribution is 2.11. The second kappa shape index (κ2) is 12.3. The standard InChI is InChI=1S/C21H36N4O5/c1-7-10-15(8-2)18(26)23-17(13(3)4)19(27)22-14(5)20(28)25-12-9-11-16(24-25)21(29)30-6/h7,10,13-17,24H,8-9,11-12H2,1-6H3,(H,22,27)(H,23,26)/b10-7+/t14-,15+,16-,17-/m0/s1. The van der Waals surface area contributed by atoms with Gasteiger partial charge in [-0.3, -0.25) is 24.2 Å². The zero-order chi connectivity index (χ0) is 22.8. The van der Waals surface area contributed by atoms with Gasteiger partial charge in [0.05, 0.1) is 13.0 Å². The second-order valence-electron chi connectivity index (χ2n) is 7.84. The highest BCUT2D eigenvalue weighted by molar-refractivity contribution is 5.92. The number of esters is 1. The molecule has 0 bridgehead atoms. The Bertz CT molecular complexity index is 649. The van der Waals surface area contributed by atoms with Crippen LogP contribution in [0.1, 0.15) is 53.9 Å². The van der Waals surface area contributed by atoms with Gasteiger partial charge in [-0.05, 0) is 39.0 Å². The summed E-state index contributed by atoms with van der Waals surface area (Å²) in [4.78, 5) is 49.8. The predicted octanol–water partition coefficient (Wildman–Crippen LogP) is 0.903. The fourth-order valence-electron chi connectivity index (χ4n) is 3.29. The van der Waals surface area contributed by atoms with Gasteiger partial charge in [0.2, 0.25) is 11.8 Å². The summed E-state index contributed by atoms with van der Waals surface area (Å²) in [6.45, 7) is 9.43. The molecule has 9 nitrogen and oxygen atoms in total. The van der Waals surface area contributed by atoms with Crippen LogP contribution in [0.4, 0.5) is 0 Å². The highest BCUT2D eigenvalue weighted by atomic mass is 16.5. The first-order valence-electron chi connectivity index (χ1n) is 10.5. The third kappa shape index (κ3) is 7.12. The van der Waals surface area contributed by atoms with Crippen molar-refractivity contribution in [3.8, 4) is 0 Å². The first kappa shape index (κ1) is 25.6. The third-order valence-electron chi connectivity index (χ3n) is 5.12. The van der Waals surface area contributed by atoms with Crippen LogP contribution in [0.25, 0.3) is 0 Å². The summed E-state index contributed by atoms with van der Waals surface area (Å²) in [6, 6.07) is -2.17. The van der Waals surface area contributed by atoms with Crippen LogP contribution in [-0.4, -0.2) is 60.5 Å². The molecule has 1 fully saturated rings. The van der Waals surface area contributed by atoms with Gasteiger partial charge in [0.1, 0.15) is 18.1 Å². The Labute approximate surface area is 178 Å². The second-order valence-corrected chi connectivity index (χ2v) is 7.84. The summed E-state index contributed by atoms with van der Waals surface area (Å²) in [5.41, 5.74) is 2.86. The van der Waals surface area contributed by atoms with E-state index >= 15 is 0 Å². The monoisotopic (exact) mass is 424 g/mol. The van der Waals surface area contributed by atoms with Crippen molar-refractivity contribution in [2.45, 2.75) is 72.0 Å². The smallest absolute Gasteiger partial charge is 0.324 e. The normalized spacial score (nSPS) is 19.8. The van der Waals surface area contributed by atoms with Crippen molar-refractivity contribution in [3.63, 3.8) is 0 Å². The molecule has 4 atom stereocenters. The number of rotatable bonds is 9. The number of hydrogen-bond acceptors (Lipinski definition) is 6. The van der Waals surface area contributed by atoms with Crippen LogP contribution < -0.4 is 16.1 Å². The summed E-state index contributed by atoms with van der Waals surface area (Å²) in [5.74, 6) is -1.89. The molecular formula is C21H36N4O5. The van der Waals surface area contributed by atoms with Gasteiger partial charge in [-0.25, -0.2) is 5.43 Å².